The van der Waals surface area contributed by atoms with Crippen molar-refractivity contribution in [1.82, 2.24) is 15.0 Å². The zero-order valence-electron chi connectivity index (χ0n) is 25.8. The standard InChI is InChI=1S/C43H35N3/c1-2-4-31-29-17-28(30(31)3-1)18-32-38-22-5-9-24(10-6-22)40(38)34(44-32)20-36-42-26-13-15-27(16-14-26)43(42)37(46-36)21-35-41-25-11-7-23(8-12-25)39(41)33(19-29)45-35/h1-5,7,9,11,13,15,17-27,44,46H,6,8,10,12,14,16H2. The summed E-state index contributed by atoms with van der Waals surface area (Å²) in [5.41, 5.74) is 21.8. The maximum Gasteiger partial charge on any atom is 0.0699 e. The summed E-state index contributed by atoms with van der Waals surface area (Å²) in [5.74, 6) is 2.86. The fourth-order valence-electron chi connectivity index (χ4n) is 10.8. The van der Waals surface area contributed by atoms with E-state index in [-0.39, 0.29) is 0 Å². The molecule has 15 rings (SSSR count). The van der Waals surface area contributed by atoms with Gasteiger partial charge in [-0.15, -0.1) is 0 Å². The lowest BCUT2D eigenvalue weighted by molar-refractivity contribution is 0.558. The molecule has 11 aliphatic rings. The van der Waals surface area contributed by atoms with Crippen LogP contribution in [0.15, 0.2) is 91.1 Å². The van der Waals surface area contributed by atoms with E-state index in [1.165, 1.54) is 128 Å². The fraction of sp³-hybridized carbons (Fsp3) is 0.279. The van der Waals surface area contributed by atoms with Gasteiger partial charge >= 0.3 is 0 Å². The zero-order valence-corrected chi connectivity index (χ0v) is 25.8. The number of hydrogen-bond acceptors (Lipinski definition) is 1. The molecule has 3 nitrogen and oxygen atoms in total. The first kappa shape index (κ1) is 24.6. The molecule has 0 saturated heterocycles. The van der Waals surface area contributed by atoms with Crippen molar-refractivity contribution in [2.75, 3.05) is 0 Å². The van der Waals surface area contributed by atoms with E-state index in [1.807, 2.05) is 0 Å². The van der Waals surface area contributed by atoms with Crippen LogP contribution in [0.3, 0.4) is 0 Å². The maximum absolute atomic E-state index is 5.53. The van der Waals surface area contributed by atoms with E-state index in [0.29, 0.717) is 35.5 Å². The minimum atomic E-state index is 0.461. The predicted molar refractivity (Wildman–Crippen MR) is 188 cm³/mol. The molecule has 1 aromatic carbocycles. The highest BCUT2D eigenvalue weighted by molar-refractivity contribution is 6.00. The lowest BCUT2D eigenvalue weighted by Gasteiger charge is -2.33. The van der Waals surface area contributed by atoms with E-state index in [1.54, 1.807) is 0 Å². The summed E-state index contributed by atoms with van der Waals surface area (Å²) in [7, 11) is 0. The Morgan fingerprint density at radius 1 is 0.435 bits per heavy atom. The Morgan fingerprint density at radius 3 is 1.35 bits per heavy atom. The Hall–Kier alpha value is -4.63. The van der Waals surface area contributed by atoms with E-state index < -0.39 is 0 Å². The molecule has 2 N–H and O–H groups in total. The molecule has 0 radical (unpaired) electrons. The molecule has 6 atom stereocenters. The number of rotatable bonds is 0. The molecule has 10 aliphatic carbocycles. The van der Waals surface area contributed by atoms with Crippen molar-refractivity contribution in [2.45, 2.75) is 62.2 Å². The first-order valence-electron chi connectivity index (χ1n) is 17.6. The average Bonchev–Trinajstić information content (AvgIpc) is 3.87. The summed E-state index contributed by atoms with van der Waals surface area (Å²) in [6.45, 7) is 0. The van der Waals surface area contributed by atoms with Gasteiger partial charge in [0.05, 0.1) is 11.4 Å². The Kier molecular flexibility index (Phi) is 4.59. The summed E-state index contributed by atoms with van der Waals surface area (Å²) in [6, 6.07) is 21.2. The molecule has 6 unspecified atom stereocenters. The summed E-state index contributed by atoms with van der Waals surface area (Å²) >= 11 is 0. The van der Waals surface area contributed by atoms with Gasteiger partial charge in [-0.2, -0.15) is 0 Å². The Labute approximate surface area is 268 Å². The summed E-state index contributed by atoms with van der Waals surface area (Å²) < 4.78 is 0. The normalized spacial score (nSPS) is 28.4. The molecule has 3 aromatic heterocycles. The fourth-order valence-corrected chi connectivity index (χ4v) is 10.8. The van der Waals surface area contributed by atoms with Gasteiger partial charge in [-0.1, -0.05) is 60.7 Å². The zero-order chi connectivity index (χ0) is 29.7. The van der Waals surface area contributed by atoms with Crippen molar-refractivity contribution in [1.29, 1.82) is 0 Å². The van der Waals surface area contributed by atoms with Crippen LogP contribution < -0.4 is 0 Å². The quantitative estimate of drug-likeness (QED) is 0.172. The molecular formula is C43H35N3. The first-order valence-corrected chi connectivity index (χ1v) is 17.6. The van der Waals surface area contributed by atoms with Gasteiger partial charge in [0, 0.05) is 57.6 Å². The van der Waals surface area contributed by atoms with Crippen molar-refractivity contribution >= 4 is 33.2 Å². The van der Waals surface area contributed by atoms with Crippen LogP contribution in [0.4, 0.5) is 0 Å². The van der Waals surface area contributed by atoms with Crippen molar-refractivity contribution in [3.63, 3.8) is 0 Å². The second-order valence-electron chi connectivity index (χ2n) is 15.0. The number of fused-ring (bicyclic) bond motifs is 14. The van der Waals surface area contributed by atoms with Gasteiger partial charge in [0.25, 0.3) is 0 Å². The van der Waals surface area contributed by atoms with Crippen LogP contribution in [0, 0.1) is 11.8 Å². The number of hydrogen-bond donors (Lipinski definition) is 2. The van der Waals surface area contributed by atoms with E-state index in [2.05, 4.69) is 101 Å². The van der Waals surface area contributed by atoms with Crippen molar-refractivity contribution < 1.29 is 0 Å². The van der Waals surface area contributed by atoms with Crippen molar-refractivity contribution in [3.05, 3.63) is 125 Å². The summed E-state index contributed by atoms with van der Waals surface area (Å²) in [6.07, 6.45) is 22.3. The minimum Gasteiger partial charge on any atom is -0.355 e. The van der Waals surface area contributed by atoms with Crippen LogP contribution in [0.1, 0.15) is 95.8 Å². The lowest BCUT2D eigenvalue weighted by atomic mass is 9.70. The van der Waals surface area contributed by atoms with Gasteiger partial charge in [-0.05, 0) is 125 Å². The number of H-pyrrole nitrogens is 2. The highest BCUT2D eigenvalue weighted by Gasteiger charge is 2.38. The third-order valence-electron chi connectivity index (χ3n) is 12.7. The molecule has 222 valence electrons. The molecule has 3 heteroatoms. The van der Waals surface area contributed by atoms with Crippen LogP contribution in [0.2, 0.25) is 0 Å². The number of nitrogens with zero attached hydrogens (tertiary/aromatic N) is 1. The summed E-state index contributed by atoms with van der Waals surface area (Å²) in [4.78, 5) is 13.6. The predicted octanol–water partition coefficient (Wildman–Crippen LogP) is 10.8. The SMILES string of the molecule is C1=CC2CCC1C1=C2c2cc3[nH]c(cc4[nH]c(cc5cc(cc1n2)-c1ccccc1-5)c1c4C2C=CC1CC2)c1c3C2C=CC1CC2. The number of aromatic nitrogens is 3. The van der Waals surface area contributed by atoms with Gasteiger partial charge in [-0.3, -0.25) is 0 Å². The number of aromatic amines is 2. The van der Waals surface area contributed by atoms with Crippen LogP contribution >= 0.6 is 0 Å². The molecule has 14 bridgehead atoms. The Balaban J connectivity index is 1.25. The highest BCUT2D eigenvalue weighted by Crippen LogP contribution is 2.54. The molecule has 0 spiro atoms. The van der Waals surface area contributed by atoms with Gasteiger partial charge in [0.2, 0.25) is 0 Å². The van der Waals surface area contributed by atoms with Crippen molar-refractivity contribution in [2.24, 2.45) is 11.8 Å². The Morgan fingerprint density at radius 2 is 0.848 bits per heavy atom. The minimum absolute atomic E-state index is 0.461. The van der Waals surface area contributed by atoms with E-state index >= 15 is 0 Å². The van der Waals surface area contributed by atoms with Crippen LogP contribution in [0.25, 0.3) is 55.5 Å². The average molecular weight is 594 g/mol. The Bertz CT molecular complexity index is 2370. The maximum atomic E-state index is 5.53. The van der Waals surface area contributed by atoms with Gasteiger partial charge in [0.15, 0.2) is 0 Å². The molecule has 1 aliphatic heterocycles. The third kappa shape index (κ3) is 3.12. The van der Waals surface area contributed by atoms with Gasteiger partial charge < -0.3 is 9.97 Å². The van der Waals surface area contributed by atoms with Crippen LogP contribution in [0.5, 0.6) is 0 Å². The molecular weight excluding hydrogens is 558 g/mol. The third-order valence-corrected chi connectivity index (χ3v) is 12.7. The van der Waals surface area contributed by atoms with Gasteiger partial charge in [0.1, 0.15) is 0 Å². The lowest BCUT2D eigenvalue weighted by Crippen LogP contribution is -2.18. The molecule has 0 fully saturated rings. The van der Waals surface area contributed by atoms with Gasteiger partial charge in [-0.25, -0.2) is 4.98 Å². The van der Waals surface area contributed by atoms with Crippen LogP contribution in [-0.4, -0.2) is 15.0 Å². The number of benzene rings is 1. The van der Waals surface area contributed by atoms with Crippen molar-refractivity contribution in [3.8, 4) is 22.3 Å². The second-order valence-corrected chi connectivity index (χ2v) is 15.0. The van der Waals surface area contributed by atoms with Crippen LogP contribution in [-0.2, 0) is 0 Å². The molecule has 0 amide bonds. The summed E-state index contributed by atoms with van der Waals surface area (Å²) in [5, 5.41) is 0. The highest BCUT2D eigenvalue weighted by atomic mass is 14.8. The molecule has 4 aromatic rings. The molecule has 46 heavy (non-hydrogen) atoms. The van der Waals surface area contributed by atoms with E-state index in [4.69, 9.17) is 4.98 Å². The molecule has 4 heterocycles. The largest absolute Gasteiger partial charge is 0.355 e. The smallest absolute Gasteiger partial charge is 0.0699 e. The second kappa shape index (κ2) is 8.59. The van der Waals surface area contributed by atoms with E-state index in [0.717, 1.165) is 0 Å². The van der Waals surface area contributed by atoms with E-state index in [9.17, 15) is 0 Å². The number of nitrogens with one attached hydrogen (secondary N) is 2. The number of allylic oxidation sites excluding steroid dienone is 8. The monoisotopic (exact) mass is 593 g/mol. The molecule has 0 saturated carbocycles. The topological polar surface area (TPSA) is 44.5 Å². The first-order chi connectivity index (χ1) is 22.7.